The Hall–Kier alpha value is -1.36. The van der Waals surface area contributed by atoms with Crippen LogP contribution in [0.5, 0.6) is 0 Å². The molecule has 1 atom stereocenters. The molecule has 0 aromatic carbocycles. The fourth-order valence-electron chi connectivity index (χ4n) is 1.33. The summed E-state index contributed by atoms with van der Waals surface area (Å²) >= 11 is 0. The van der Waals surface area contributed by atoms with E-state index in [0.29, 0.717) is 12.2 Å². The highest BCUT2D eigenvalue weighted by Gasteiger charge is 2.38. The van der Waals surface area contributed by atoms with Crippen LogP contribution < -0.4 is 5.73 Å². The number of likely N-dealkylation sites (tertiary alicyclic amines) is 1. The molecule has 0 bridgehead atoms. The molecule has 1 rings (SSSR count). The van der Waals surface area contributed by atoms with Gasteiger partial charge in [0.15, 0.2) is 0 Å². The standard InChI is InChI=1S/C9H14N2O3/c1-5(2)7(9(13)14-3)11-4-6(10)8(11)12/h6H,4,10H2,1-3H3. The Morgan fingerprint density at radius 3 is 2.43 bits per heavy atom. The van der Waals surface area contributed by atoms with Gasteiger partial charge in [-0.3, -0.25) is 4.79 Å². The number of rotatable bonds is 2. The van der Waals surface area contributed by atoms with Crippen LogP contribution in [-0.2, 0) is 14.3 Å². The lowest BCUT2D eigenvalue weighted by Crippen LogP contribution is -2.61. The molecule has 5 heteroatoms. The highest BCUT2D eigenvalue weighted by molar-refractivity contribution is 5.99. The quantitative estimate of drug-likeness (QED) is 0.373. The second-order valence-electron chi connectivity index (χ2n) is 3.40. The zero-order chi connectivity index (χ0) is 10.9. The summed E-state index contributed by atoms with van der Waals surface area (Å²) in [5.41, 5.74) is 6.48. The molecule has 0 radical (unpaired) electrons. The van der Waals surface area contributed by atoms with E-state index in [2.05, 4.69) is 4.74 Å². The number of nitrogens with two attached hydrogens (primary N) is 1. The number of allylic oxidation sites excluding steroid dienone is 1. The van der Waals surface area contributed by atoms with Crippen LogP contribution in [0.25, 0.3) is 0 Å². The van der Waals surface area contributed by atoms with Gasteiger partial charge in [0, 0.05) is 0 Å². The summed E-state index contributed by atoms with van der Waals surface area (Å²) in [5.74, 6) is -0.725. The van der Waals surface area contributed by atoms with E-state index in [1.165, 1.54) is 12.0 Å². The van der Waals surface area contributed by atoms with Gasteiger partial charge in [0.2, 0.25) is 5.91 Å². The Morgan fingerprint density at radius 2 is 2.14 bits per heavy atom. The van der Waals surface area contributed by atoms with E-state index in [1.54, 1.807) is 13.8 Å². The van der Waals surface area contributed by atoms with Gasteiger partial charge in [-0.1, -0.05) is 0 Å². The Bertz CT molecular complexity index is 305. The fraction of sp³-hybridized carbons (Fsp3) is 0.556. The molecule has 5 nitrogen and oxygen atoms in total. The number of carbonyl (C=O) groups is 2. The Morgan fingerprint density at radius 1 is 1.57 bits per heavy atom. The molecule has 1 unspecified atom stereocenters. The monoisotopic (exact) mass is 198 g/mol. The van der Waals surface area contributed by atoms with E-state index in [1.807, 2.05) is 0 Å². The fourth-order valence-corrected chi connectivity index (χ4v) is 1.33. The zero-order valence-electron chi connectivity index (χ0n) is 8.53. The van der Waals surface area contributed by atoms with E-state index < -0.39 is 12.0 Å². The highest BCUT2D eigenvalue weighted by Crippen LogP contribution is 2.19. The summed E-state index contributed by atoms with van der Waals surface area (Å²) in [6, 6.07) is -0.478. The maximum atomic E-state index is 11.3. The Labute approximate surface area is 82.5 Å². The van der Waals surface area contributed by atoms with Crippen LogP contribution in [-0.4, -0.2) is 36.5 Å². The summed E-state index contributed by atoms with van der Waals surface area (Å²) in [5, 5.41) is 0. The Balaban J connectivity index is 2.88. The molecule has 0 spiro atoms. The lowest BCUT2D eigenvalue weighted by Gasteiger charge is -2.37. The molecule has 1 saturated heterocycles. The van der Waals surface area contributed by atoms with Crippen molar-refractivity contribution in [2.24, 2.45) is 5.73 Å². The van der Waals surface area contributed by atoms with E-state index in [0.717, 1.165) is 5.57 Å². The third kappa shape index (κ3) is 1.63. The van der Waals surface area contributed by atoms with Crippen molar-refractivity contribution in [1.29, 1.82) is 0 Å². The van der Waals surface area contributed by atoms with Gasteiger partial charge in [-0.25, -0.2) is 4.79 Å². The Kier molecular flexibility index (Phi) is 2.90. The van der Waals surface area contributed by atoms with E-state index in [4.69, 9.17) is 5.73 Å². The van der Waals surface area contributed by atoms with Crippen molar-refractivity contribution < 1.29 is 14.3 Å². The number of β-lactam (4-membered cyclic amide) rings is 1. The van der Waals surface area contributed by atoms with Gasteiger partial charge in [0.1, 0.15) is 11.7 Å². The van der Waals surface area contributed by atoms with E-state index >= 15 is 0 Å². The molecule has 78 valence electrons. The second-order valence-corrected chi connectivity index (χ2v) is 3.40. The molecule has 1 aliphatic rings. The average molecular weight is 198 g/mol. The smallest absolute Gasteiger partial charge is 0.354 e. The van der Waals surface area contributed by atoms with Crippen molar-refractivity contribution in [2.75, 3.05) is 13.7 Å². The summed E-state index contributed by atoms with van der Waals surface area (Å²) < 4.78 is 4.58. The third-order valence-electron chi connectivity index (χ3n) is 2.08. The molecule has 0 aromatic heterocycles. The van der Waals surface area contributed by atoms with Crippen LogP contribution in [0.4, 0.5) is 0 Å². The summed E-state index contributed by atoms with van der Waals surface area (Å²) in [7, 11) is 1.29. The van der Waals surface area contributed by atoms with E-state index in [9.17, 15) is 9.59 Å². The molecular formula is C9H14N2O3. The molecule has 1 aliphatic heterocycles. The first-order chi connectivity index (χ1) is 6.49. The highest BCUT2D eigenvalue weighted by atomic mass is 16.5. The summed E-state index contributed by atoms with van der Waals surface area (Å²) in [4.78, 5) is 24.0. The van der Waals surface area contributed by atoms with Gasteiger partial charge in [-0.15, -0.1) is 0 Å². The lowest BCUT2D eigenvalue weighted by atomic mass is 10.1. The van der Waals surface area contributed by atoms with Crippen LogP contribution >= 0.6 is 0 Å². The lowest BCUT2D eigenvalue weighted by molar-refractivity contribution is -0.147. The second kappa shape index (κ2) is 3.79. The first-order valence-corrected chi connectivity index (χ1v) is 4.31. The number of methoxy groups -OCH3 is 1. The van der Waals surface area contributed by atoms with Crippen LogP contribution in [0.1, 0.15) is 13.8 Å². The minimum atomic E-state index is -0.495. The number of hydrogen-bond donors (Lipinski definition) is 1. The normalized spacial score (nSPS) is 20.1. The number of ether oxygens (including phenoxy) is 1. The minimum Gasteiger partial charge on any atom is -0.464 e. The van der Waals surface area contributed by atoms with E-state index in [-0.39, 0.29) is 5.91 Å². The predicted molar refractivity (Wildman–Crippen MR) is 50.1 cm³/mol. The van der Waals surface area contributed by atoms with Crippen molar-refractivity contribution >= 4 is 11.9 Å². The van der Waals surface area contributed by atoms with Gasteiger partial charge in [0.25, 0.3) is 0 Å². The topological polar surface area (TPSA) is 72.6 Å². The van der Waals surface area contributed by atoms with Gasteiger partial charge in [-0.2, -0.15) is 0 Å². The molecule has 14 heavy (non-hydrogen) atoms. The van der Waals surface area contributed by atoms with Crippen LogP contribution in [0.2, 0.25) is 0 Å². The van der Waals surface area contributed by atoms with Crippen LogP contribution in [0.3, 0.4) is 0 Å². The number of esters is 1. The van der Waals surface area contributed by atoms with Gasteiger partial charge in [0.05, 0.1) is 13.7 Å². The minimum absolute atomic E-state index is 0.230. The largest absolute Gasteiger partial charge is 0.464 e. The van der Waals surface area contributed by atoms with Crippen LogP contribution in [0, 0.1) is 0 Å². The molecule has 0 aliphatic carbocycles. The van der Waals surface area contributed by atoms with Gasteiger partial charge in [-0.05, 0) is 19.4 Å². The number of carbonyl (C=O) groups excluding carboxylic acids is 2. The summed E-state index contributed by atoms with van der Waals surface area (Å²) in [6.07, 6.45) is 0. The molecule has 0 saturated carbocycles. The van der Waals surface area contributed by atoms with Crippen LogP contribution in [0.15, 0.2) is 11.3 Å². The molecule has 0 aromatic rings. The number of amides is 1. The van der Waals surface area contributed by atoms with Crippen molar-refractivity contribution in [3.8, 4) is 0 Å². The summed E-state index contributed by atoms with van der Waals surface area (Å²) in [6.45, 7) is 3.89. The van der Waals surface area contributed by atoms with Gasteiger partial charge < -0.3 is 15.4 Å². The predicted octanol–water partition coefficient (Wildman–Crippen LogP) is -0.377. The molecule has 2 N–H and O–H groups in total. The average Bonchev–Trinajstić information content (AvgIpc) is 2.15. The third-order valence-corrected chi connectivity index (χ3v) is 2.08. The maximum absolute atomic E-state index is 11.3. The number of hydrogen-bond acceptors (Lipinski definition) is 4. The SMILES string of the molecule is COC(=O)C(=C(C)C)N1CC(N)C1=O. The molecule has 1 amide bonds. The number of nitrogens with zero attached hydrogens (tertiary/aromatic N) is 1. The first-order valence-electron chi connectivity index (χ1n) is 4.31. The molecular weight excluding hydrogens is 184 g/mol. The maximum Gasteiger partial charge on any atom is 0.354 e. The van der Waals surface area contributed by atoms with Crippen molar-refractivity contribution in [3.05, 3.63) is 11.3 Å². The van der Waals surface area contributed by atoms with Gasteiger partial charge >= 0.3 is 5.97 Å². The van der Waals surface area contributed by atoms with Crippen molar-refractivity contribution in [2.45, 2.75) is 19.9 Å². The zero-order valence-corrected chi connectivity index (χ0v) is 8.53. The van der Waals surface area contributed by atoms with Crippen molar-refractivity contribution in [3.63, 3.8) is 0 Å². The molecule has 1 fully saturated rings. The van der Waals surface area contributed by atoms with Crippen molar-refractivity contribution in [1.82, 2.24) is 4.90 Å². The molecule has 1 heterocycles. The first kappa shape index (κ1) is 10.7.